The highest BCUT2D eigenvalue weighted by atomic mass is 14.7. The molecule has 0 aliphatic carbocycles. The molecule has 1 heterocycles. The standard InChI is InChI=1S/C15H16N2/c1-10(2)15-13(9-16)8-14(17-15)12-6-4-5-11(3)7-12/h4-8,10,17H,1-3H3. The molecule has 0 bridgehead atoms. The van der Waals surface area contributed by atoms with Crippen molar-refractivity contribution >= 4 is 0 Å². The Bertz CT molecular complexity index is 571. The quantitative estimate of drug-likeness (QED) is 0.823. The van der Waals surface area contributed by atoms with Crippen LogP contribution < -0.4 is 0 Å². The Morgan fingerprint density at radius 2 is 2.00 bits per heavy atom. The first kappa shape index (κ1) is 11.5. The van der Waals surface area contributed by atoms with E-state index in [4.69, 9.17) is 5.26 Å². The Morgan fingerprint density at radius 1 is 1.24 bits per heavy atom. The van der Waals surface area contributed by atoms with Crippen molar-refractivity contribution in [3.05, 3.63) is 47.2 Å². The predicted molar refractivity (Wildman–Crippen MR) is 69.8 cm³/mol. The summed E-state index contributed by atoms with van der Waals surface area (Å²) < 4.78 is 0. The van der Waals surface area contributed by atoms with Gasteiger partial charge in [0.15, 0.2) is 0 Å². The van der Waals surface area contributed by atoms with Gasteiger partial charge in [-0.1, -0.05) is 37.6 Å². The third-order valence-corrected chi connectivity index (χ3v) is 2.88. The number of aryl methyl sites for hydroxylation is 1. The van der Waals surface area contributed by atoms with Gasteiger partial charge in [-0.15, -0.1) is 0 Å². The fourth-order valence-corrected chi connectivity index (χ4v) is 1.99. The molecule has 1 N–H and O–H groups in total. The summed E-state index contributed by atoms with van der Waals surface area (Å²) in [5.41, 5.74) is 5.14. The maximum absolute atomic E-state index is 9.11. The highest BCUT2D eigenvalue weighted by molar-refractivity contribution is 5.64. The molecule has 2 nitrogen and oxygen atoms in total. The van der Waals surface area contributed by atoms with Gasteiger partial charge in [0.05, 0.1) is 5.56 Å². The lowest BCUT2D eigenvalue weighted by Gasteiger charge is -2.02. The van der Waals surface area contributed by atoms with E-state index < -0.39 is 0 Å². The summed E-state index contributed by atoms with van der Waals surface area (Å²) in [5.74, 6) is 0.336. The van der Waals surface area contributed by atoms with Gasteiger partial charge >= 0.3 is 0 Å². The van der Waals surface area contributed by atoms with Crippen LogP contribution in [0.15, 0.2) is 30.3 Å². The van der Waals surface area contributed by atoms with Crippen LogP contribution in [0.4, 0.5) is 0 Å². The van der Waals surface area contributed by atoms with Gasteiger partial charge in [-0.3, -0.25) is 0 Å². The van der Waals surface area contributed by atoms with Crippen molar-refractivity contribution in [2.24, 2.45) is 0 Å². The summed E-state index contributed by atoms with van der Waals surface area (Å²) in [7, 11) is 0. The van der Waals surface area contributed by atoms with E-state index in [1.54, 1.807) is 0 Å². The van der Waals surface area contributed by atoms with Crippen molar-refractivity contribution in [3.8, 4) is 17.3 Å². The van der Waals surface area contributed by atoms with E-state index in [2.05, 4.69) is 50.0 Å². The SMILES string of the molecule is Cc1cccc(-c2cc(C#N)c(C(C)C)[nH]2)c1. The van der Waals surface area contributed by atoms with Crippen LogP contribution in [0, 0.1) is 18.3 Å². The Morgan fingerprint density at radius 3 is 2.53 bits per heavy atom. The van der Waals surface area contributed by atoms with E-state index in [-0.39, 0.29) is 0 Å². The van der Waals surface area contributed by atoms with E-state index in [0.29, 0.717) is 5.92 Å². The minimum atomic E-state index is 0.336. The number of H-pyrrole nitrogens is 1. The van der Waals surface area contributed by atoms with E-state index in [9.17, 15) is 0 Å². The molecule has 0 atom stereocenters. The van der Waals surface area contributed by atoms with Gasteiger partial charge in [-0.05, 0) is 30.5 Å². The molecule has 1 aromatic heterocycles. The number of aromatic amines is 1. The van der Waals surface area contributed by atoms with Crippen molar-refractivity contribution < 1.29 is 0 Å². The minimum Gasteiger partial charge on any atom is -0.357 e. The second kappa shape index (κ2) is 4.47. The third-order valence-electron chi connectivity index (χ3n) is 2.88. The normalized spacial score (nSPS) is 10.5. The Balaban J connectivity index is 2.51. The number of nitrogens with one attached hydrogen (secondary N) is 1. The maximum atomic E-state index is 9.11. The molecule has 2 aromatic rings. The van der Waals surface area contributed by atoms with Crippen molar-refractivity contribution in [1.82, 2.24) is 4.98 Å². The molecule has 2 heteroatoms. The van der Waals surface area contributed by atoms with E-state index in [1.165, 1.54) is 5.56 Å². The van der Waals surface area contributed by atoms with Crippen LogP contribution in [-0.2, 0) is 0 Å². The lowest BCUT2D eigenvalue weighted by molar-refractivity contribution is 0.830. The van der Waals surface area contributed by atoms with E-state index >= 15 is 0 Å². The van der Waals surface area contributed by atoms with Crippen LogP contribution in [0.1, 0.15) is 36.6 Å². The second-order valence-corrected chi connectivity index (χ2v) is 4.65. The summed E-state index contributed by atoms with van der Waals surface area (Å²) in [6.07, 6.45) is 0. The van der Waals surface area contributed by atoms with E-state index in [1.807, 2.05) is 12.1 Å². The van der Waals surface area contributed by atoms with Gasteiger partial charge in [0.25, 0.3) is 0 Å². The monoisotopic (exact) mass is 224 g/mol. The number of rotatable bonds is 2. The number of aromatic nitrogens is 1. The first-order chi connectivity index (χ1) is 8.11. The molecule has 0 saturated heterocycles. The summed E-state index contributed by atoms with van der Waals surface area (Å²) in [6.45, 7) is 6.25. The minimum absolute atomic E-state index is 0.336. The van der Waals surface area contributed by atoms with Crippen LogP contribution in [0.25, 0.3) is 11.3 Å². The van der Waals surface area contributed by atoms with Crippen molar-refractivity contribution in [1.29, 1.82) is 5.26 Å². The molecular formula is C15H16N2. The van der Waals surface area contributed by atoms with Crippen molar-refractivity contribution in [2.45, 2.75) is 26.7 Å². The third kappa shape index (κ3) is 2.24. The van der Waals surface area contributed by atoms with Gasteiger partial charge in [0.1, 0.15) is 6.07 Å². The molecule has 0 fully saturated rings. The number of hydrogen-bond acceptors (Lipinski definition) is 1. The molecular weight excluding hydrogens is 208 g/mol. The highest BCUT2D eigenvalue weighted by Gasteiger charge is 2.11. The zero-order chi connectivity index (χ0) is 12.4. The van der Waals surface area contributed by atoms with Gasteiger partial charge in [0, 0.05) is 11.4 Å². The number of benzene rings is 1. The number of nitriles is 1. The molecule has 1 aromatic carbocycles. The summed E-state index contributed by atoms with van der Waals surface area (Å²) in [5, 5.41) is 9.11. The van der Waals surface area contributed by atoms with Crippen LogP contribution in [-0.4, -0.2) is 4.98 Å². The van der Waals surface area contributed by atoms with Crippen LogP contribution in [0.3, 0.4) is 0 Å². The largest absolute Gasteiger partial charge is 0.357 e. The van der Waals surface area contributed by atoms with Crippen molar-refractivity contribution in [3.63, 3.8) is 0 Å². The maximum Gasteiger partial charge on any atom is 0.101 e. The number of nitrogens with zero attached hydrogens (tertiary/aromatic N) is 1. The van der Waals surface area contributed by atoms with Crippen LogP contribution >= 0.6 is 0 Å². The average molecular weight is 224 g/mol. The zero-order valence-electron chi connectivity index (χ0n) is 10.4. The Kier molecular flexibility index (Phi) is 3.01. The molecule has 86 valence electrons. The summed E-state index contributed by atoms with van der Waals surface area (Å²) in [4.78, 5) is 3.35. The Labute approximate surface area is 102 Å². The fourth-order valence-electron chi connectivity index (χ4n) is 1.99. The fraction of sp³-hybridized carbons (Fsp3) is 0.267. The first-order valence-electron chi connectivity index (χ1n) is 5.82. The molecule has 0 amide bonds. The van der Waals surface area contributed by atoms with Crippen LogP contribution in [0.5, 0.6) is 0 Å². The van der Waals surface area contributed by atoms with Gasteiger partial charge in [-0.25, -0.2) is 0 Å². The molecule has 0 saturated carbocycles. The van der Waals surface area contributed by atoms with Crippen molar-refractivity contribution in [2.75, 3.05) is 0 Å². The lowest BCUT2D eigenvalue weighted by atomic mass is 10.1. The molecule has 0 radical (unpaired) electrons. The van der Waals surface area contributed by atoms with Gasteiger partial charge in [-0.2, -0.15) is 5.26 Å². The van der Waals surface area contributed by atoms with Gasteiger partial charge < -0.3 is 4.98 Å². The summed E-state index contributed by atoms with van der Waals surface area (Å²) in [6, 6.07) is 12.5. The van der Waals surface area contributed by atoms with Crippen LogP contribution in [0.2, 0.25) is 0 Å². The van der Waals surface area contributed by atoms with E-state index in [0.717, 1.165) is 22.5 Å². The first-order valence-corrected chi connectivity index (χ1v) is 5.82. The predicted octanol–water partition coefficient (Wildman–Crippen LogP) is 3.99. The number of hydrogen-bond donors (Lipinski definition) is 1. The summed E-state index contributed by atoms with van der Waals surface area (Å²) >= 11 is 0. The molecule has 0 unspecified atom stereocenters. The Hall–Kier alpha value is -2.01. The zero-order valence-corrected chi connectivity index (χ0v) is 10.4. The molecule has 2 rings (SSSR count). The topological polar surface area (TPSA) is 39.6 Å². The molecule has 17 heavy (non-hydrogen) atoms. The lowest BCUT2D eigenvalue weighted by Crippen LogP contribution is -1.90. The van der Waals surface area contributed by atoms with Gasteiger partial charge in [0.2, 0.25) is 0 Å². The highest BCUT2D eigenvalue weighted by Crippen LogP contribution is 2.26. The average Bonchev–Trinajstić information content (AvgIpc) is 2.73. The second-order valence-electron chi connectivity index (χ2n) is 4.65. The molecule has 0 spiro atoms. The smallest absolute Gasteiger partial charge is 0.101 e. The molecule has 0 aliphatic rings. The molecule has 0 aliphatic heterocycles.